The molecule has 0 bridgehead atoms. The molecule has 146 valence electrons. The summed E-state index contributed by atoms with van der Waals surface area (Å²) in [5.41, 5.74) is 3.61. The van der Waals surface area contributed by atoms with Gasteiger partial charge in [0, 0.05) is 10.6 Å². The van der Waals surface area contributed by atoms with Crippen LogP contribution in [0.5, 0.6) is 0 Å². The lowest BCUT2D eigenvalue weighted by Crippen LogP contribution is -2.23. The monoisotopic (exact) mass is 398 g/mol. The van der Waals surface area contributed by atoms with Crippen molar-refractivity contribution in [2.45, 2.75) is 31.6 Å². The van der Waals surface area contributed by atoms with Gasteiger partial charge < -0.3 is 15.4 Å². The van der Waals surface area contributed by atoms with Crippen LogP contribution in [0, 0.1) is 6.92 Å². The van der Waals surface area contributed by atoms with Crippen molar-refractivity contribution in [1.29, 1.82) is 0 Å². The first-order valence-electron chi connectivity index (χ1n) is 8.98. The normalized spacial score (nSPS) is 12.9. The first-order valence-corrected chi connectivity index (χ1v) is 9.97. The summed E-state index contributed by atoms with van der Waals surface area (Å²) < 4.78 is 5.15. The number of carbonyl (C=O) groups excluding carboxylic acids is 3. The van der Waals surface area contributed by atoms with Gasteiger partial charge in [-0.05, 0) is 42.2 Å². The van der Waals surface area contributed by atoms with E-state index in [2.05, 4.69) is 24.5 Å². The molecule has 0 fully saturated rings. The molecule has 2 N–H and O–H groups in total. The number of ether oxygens (including phenoxy) is 1. The van der Waals surface area contributed by atoms with E-state index < -0.39 is 11.9 Å². The highest BCUT2D eigenvalue weighted by molar-refractivity contribution is 8.00. The summed E-state index contributed by atoms with van der Waals surface area (Å²) in [7, 11) is 0. The number of anilines is 2. The number of rotatable bonds is 5. The number of amides is 2. The molecule has 0 radical (unpaired) electrons. The maximum Gasteiger partial charge on any atom is 0.338 e. The van der Waals surface area contributed by atoms with Gasteiger partial charge in [0.15, 0.2) is 6.61 Å². The molecule has 2 aromatic carbocycles. The topological polar surface area (TPSA) is 84.5 Å². The smallest absolute Gasteiger partial charge is 0.338 e. The van der Waals surface area contributed by atoms with E-state index in [0.29, 0.717) is 11.4 Å². The molecule has 3 rings (SSSR count). The molecular weight excluding hydrogens is 376 g/mol. The van der Waals surface area contributed by atoms with Crippen LogP contribution >= 0.6 is 11.8 Å². The van der Waals surface area contributed by atoms with Gasteiger partial charge in [0.05, 0.1) is 17.0 Å². The van der Waals surface area contributed by atoms with E-state index in [-0.39, 0.29) is 24.0 Å². The Kier molecular flexibility index (Phi) is 6.04. The van der Waals surface area contributed by atoms with Crippen LogP contribution in [-0.4, -0.2) is 30.1 Å². The van der Waals surface area contributed by atoms with Gasteiger partial charge in [-0.15, -0.1) is 11.8 Å². The molecule has 0 atom stereocenters. The van der Waals surface area contributed by atoms with E-state index in [1.165, 1.54) is 11.8 Å². The largest absolute Gasteiger partial charge is 0.452 e. The van der Waals surface area contributed by atoms with Crippen molar-refractivity contribution in [2.24, 2.45) is 0 Å². The van der Waals surface area contributed by atoms with Crippen LogP contribution in [-0.2, 0) is 14.3 Å². The van der Waals surface area contributed by atoms with Crippen molar-refractivity contribution >= 4 is 40.9 Å². The van der Waals surface area contributed by atoms with Crippen LogP contribution in [0.1, 0.15) is 41.3 Å². The molecule has 1 aliphatic rings. The van der Waals surface area contributed by atoms with Gasteiger partial charge in [-0.1, -0.05) is 32.0 Å². The average Bonchev–Trinajstić information content (AvgIpc) is 2.66. The summed E-state index contributed by atoms with van der Waals surface area (Å²) in [5.74, 6) is -0.514. The van der Waals surface area contributed by atoms with Gasteiger partial charge in [0.25, 0.3) is 5.91 Å². The Labute approximate surface area is 168 Å². The summed E-state index contributed by atoms with van der Waals surface area (Å²) in [5, 5.41) is 5.58. The predicted octanol–water partition coefficient (Wildman–Crippen LogP) is 3.96. The number of para-hydroxylation sites is 1. The number of aryl methyl sites for hydroxylation is 1. The Morgan fingerprint density at radius 3 is 2.79 bits per heavy atom. The zero-order chi connectivity index (χ0) is 20.3. The Hall–Kier alpha value is -2.80. The van der Waals surface area contributed by atoms with Crippen molar-refractivity contribution in [1.82, 2.24) is 0 Å². The number of benzene rings is 2. The zero-order valence-electron chi connectivity index (χ0n) is 16.0. The van der Waals surface area contributed by atoms with Crippen LogP contribution in [0.3, 0.4) is 0 Å². The number of nitrogens with one attached hydrogen (secondary N) is 2. The molecule has 0 aliphatic carbocycles. The second-order valence-corrected chi connectivity index (χ2v) is 7.88. The van der Waals surface area contributed by atoms with Crippen LogP contribution < -0.4 is 10.6 Å². The van der Waals surface area contributed by atoms with Crippen LogP contribution in [0.25, 0.3) is 0 Å². The molecule has 1 aliphatic heterocycles. The lowest BCUT2D eigenvalue weighted by Gasteiger charge is -2.17. The van der Waals surface area contributed by atoms with E-state index in [1.807, 2.05) is 25.1 Å². The molecule has 0 saturated carbocycles. The highest BCUT2D eigenvalue weighted by Gasteiger charge is 2.19. The minimum absolute atomic E-state index is 0.110. The number of carbonyl (C=O) groups is 3. The molecule has 1 heterocycles. The van der Waals surface area contributed by atoms with Gasteiger partial charge in [-0.2, -0.15) is 0 Å². The minimum Gasteiger partial charge on any atom is -0.452 e. The molecule has 7 heteroatoms. The van der Waals surface area contributed by atoms with Gasteiger partial charge in [-0.3, -0.25) is 9.59 Å². The molecule has 28 heavy (non-hydrogen) atoms. The summed E-state index contributed by atoms with van der Waals surface area (Å²) in [6.07, 6.45) is 0. The fourth-order valence-electron chi connectivity index (χ4n) is 2.94. The standard InChI is InChI=1S/C21H22N2O4S/c1-12(2)15-6-4-5-13(3)20(15)23-18(24)10-27-21(26)14-7-8-17-16(9-14)22-19(25)11-28-17/h4-9,12H,10-11H2,1-3H3,(H,22,25)(H,23,24). The maximum absolute atomic E-state index is 12.3. The Morgan fingerprint density at radius 2 is 2.04 bits per heavy atom. The van der Waals surface area contributed by atoms with Crippen LogP contribution in [0.15, 0.2) is 41.3 Å². The number of thioether (sulfide) groups is 1. The Morgan fingerprint density at radius 1 is 1.25 bits per heavy atom. The summed E-state index contributed by atoms with van der Waals surface area (Å²) in [6.45, 7) is 5.64. The van der Waals surface area contributed by atoms with E-state index in [9.17, 15) is 14.4 Å². The molecule has 0 unspecified atom stereocenters. The van der Waals surface area contributed by atoms with Gasteiger partial charge in [0.1, 0.15) is 0 Å². The number of hydrogen-bond acceptors (Lipinski definition) is 5. The highest BCUT2D eigenvalue weighted by atomic mass is 32.2. The van der Waals surface area contributed by atoms with Gasteiger partial charge in [0.2, 0.25) is 5.91 Å². The number of fused-ring (bicyclic) bond motifs is 1. The number of hydrogen-bond donors (Lipinski definition) is 2. The summed E-state index contributed by atoms with van der Waals surface area (Å²) in [4.78, 5) is 37.0. The Balaban J connectivity index is 1.63. The highest BCUT2D eigenvalue weighted by Crippen LogP contribution is 2.32. The lowest BCUT2D eigenvalue weighted by molar-refractivity contribution is -0.119. The van der Waals surface area contributed by atoms with E-state index >= 15 is 0 Å². The van der Waals surface area contributed by atoms with Crippen molar-refractivity contribution in [2.75, 3.05) is 23.0 Å². The van der Waals surface area contributed by atoms with E-state index in [4.69, 9.17) is 4.74 Å². The van der Waals surface area contributed by atoms with Gasteiger partial charge >= 0.3 is 5.97 Å². The van der Waals surface area contributed by atoms with E-state index in [1.54, 1.807) is 18.2 Å². The molecular formula is C21H22N2O4S. The average molecular weight is 398 g/mol. The van der Waals surface area contributed by atoms with Crippen molar-refractivity contribution in [3.63, 3.8) is 0 Å². The van der Waals surface area contributed by atoms with Crippen LogP contribution in [0.2, 0.25) is 0 Å². The van der Waals surface area contributed by atoms with Crippen LogP contribution in [0.4, 0.5) is 11.4 Å². The zero-order valence-corrected chi connectivity index (χ0v) is 16.8. The second kappa shape index (κ2) is 8.48. The second-order valence-electron chi connectivity index (χ2n) is 6.87. The third kappa shape index (κ3) is 4.54. The molecule has 6 nitrogen and oxygen atoms in total. The third-order valence-electron chi connectivity index (χ3n) is 4.37. The third-order valence-corrected chi connectivity index (χ3v) is 5.45. The summed E-state index contributed by atoms with van der Waals surface area (Å²) >= 11 is 1.41. The molecule has 2 amide bonds. The lowest BCUT2D eigenvalue weighted by atomic mass is 9.98. The molecule has 0 spiro atoms. The minimum atomic E-state index is -0.614. The number of esters is 1. The van der Waals surface area contributed by atoms with Crippen molar-refractivity contribution in [3.05, 3.63) is 53.1 Å². The fraction of sp³-hybridized carbons (Fsp3) is 0.286. The van der Waals surface area contributed by atoms with Crippen molar-refractivity contribution in [3.8, 4) is 0 Å². The first kappa shape index (κ1) is 19.9. The van der Waals surface area contributed by atoms with Gasteiger partial charge in [-0.25, -0.2) is 4.79 Å². The molecule has 0 aromatic heterocycles. The SMILES string of the molecule is Cc1cccc(C(C)C)c1NC(=O)COC(=O)c1ccc2c(c1)NC(=O)CS2. The first-order chi connectivity index (χ1) is 13.3. The fourth-order valence-corrected chi connectivity index (χ4v) is 3.73. The van der Waals surface area contributed by atoms with Crippen molar-refractivity contribution < 1.29 is 19.1 Å². The predicted molar refractivity (Wildman–Crippen MR) is 110 cm³/mol. The van der Waals surface area contributed by atoms with E-state index in [0.717, 1.165) is 21.7 Å². The maximum atomic E-state index is 12.3. The molecule has 2 aromatic rings. The Bertz CT molecular complexity index is 940. The molecule has 0 saturated heterocycles. The quantitative estimate of drug-likeness (QED) is 0.745. The summed E-state index contributed by atoms with van der Waals surface area (Å²) in [6, 6.07) is 10.8.